The summed E-state index contributed by atoms with van der Waals surface area (Å²) in [7, 11) is 0. The van der Waals surface area contributed by atoms with Crippen molar-refractivity contribution in [2.75, 3.05) is 0 Å². The number of hydrogen-bond acceptors (Lipinski definition) is 1. The molecule has 2 aromatic carbocycles. The molecule has 144 valence electrons. The maximum atomic E-state index is 12.6. The van der Waals surface area contributed by atoms with Gasteiger partial charge in [0.15, 0.2) is 0 Å². The maximum Gasteiger partial charge on any atom is 0.416 e. The van der Waals surface area contributed by atoms with E-state index in [1.807, 2.05) is 0 Å². The fraction of sp³-hybridized carbons (Fsp3) is 0.316. The molecule has 1 amide bonds. The molecule has 3 rings (SSSR count). The van der Waals surface area contributed by atoms with Crippen molar-refractivity contribution in [1.29, 1.82) is 0 Å². The van der Waals surface area contributed by atoms with Crippen LogP contribution in [0.15, 0.2) is 48.5 Å². The van der Waals surface area contributed by atoms with Gasteiger partial charge in [-0.25, -0.2) is 0 Å². The van der Waals surface area contributed by atoms with Crippen LogP contribution in [0.4, 0.5) is 26.3 Å². The number of halogens is 6. The van der Waals surface area contributed by atoms with Crippen LogP contribution in [0.2, 0.25) is 0 Å². The van der Waals surface area contributed by atoms with Gasteiger partial charge in [0, 0.05) is 12.5 Å². The standard InChI is InChI=1S/C19H15F6NO/c20-18(21,22)13-5-1-11(2-6-13)10-26-17(27)16-9-15(16)12-3-7-14(8-4-12)19(23,24)25/h1-8,15-16H,9-10H2,(H,26,27). The van der Waals surface area contributed by atoms with Crippen LogP contribution in [-0.2, 0) is 23.7 Å². The van der Waals surface area contributed by atoms with Gasteiger partial charge in [0.05, 0.1) is 11.1 Å². The van der Waals surface area contributed by atoms with Crippen molar-refractivity contribution in [1.82, 2.24) is 5.32 Å². The van der Waals surface area contributed by atoms with E-state index in [1.54, 1.807) is 0 Å². The van der Waals surface area contributed by atoms with Crippen molar-refractivity contribution < 1.29 is 31.1 Å². The molecule has 0 aliphatic heterocycles. The molecule has 27 heavy (non-hydrogen) atoms. The lowest BCUT2D eigenvalue weighted by Crippen LogP contribution is -2.24. The predicted octanol–water partition coefficient (Wildman–Crippen LogP) is 5.14. The molecule has 2 atom stereocenters. The molecule has 1 aliphatic carbocycles. The third-order valence-electron chi connectivity index (χ3n) is 4.54. The average Bonchev–Trinajstić information content (AvgIpc) is 3.39. The van der Waals surface area contributed by atoms with E-state index in [2.05, 4.69) is 5.32 Å². The minimum Gasteiger partial charge on any atom is -0.352 e. The Morgan fingerprint density at radius 1 is 0.852 bits per heavy atom. The van der Waals surface area contributed by atoms with Crippen molar-refractivity contribution in [3.8, 4) is 0 Å². The van der Waals surface area contributed by atoms with Gasteiger partial charge in [-0.3, -0.25) is 4.79 Å². The van der Waals surface area contributed by atoms with Crippen LogP contribution in [0.25, 0.3) is 0 Å². The molecule has 0 radical (unpaired) electrons. The smallest absolute Gasteiger partial charge is 0.352 e. The Labute approximate surface area is 151 Å². The largest absolute Gasteiger partial charge is 0.416 e. The molecule has 8 heteroatoms. The fourth-order valence-corrected chi connectivity index (χ4v) is 2.90. The van der Waals surface area contributed by atoms with Crippen LogP contribution in [0.1, 0.15) is 34.6 Å². The van der Waals surface area contributed by atoms with Crippen LogP contribution in [0.5, 0.6) is 0 Å². The van der Waals surface area contributed by atoms with Gasteiger partial charge in [-0.1, -0.05) is 24.3 Å². The molecule has 2 unspecified atom stereocenters. The lowest BCUT2D eigenvalue weighted by atomic mass is 10.1. The summed E-state index contributed by atoms with van der Waals surface area (Å²) in [6.45, 7) is 0.0905. The van der Waals surface area contributed by atoms with Crippen LogP contribution >= 0.6 is 0 Å². The van der Waals surface area contributed by atoms with Gasteiger partial charge in [-0.2, -0.15) is 26.3 Å². The molecule has 0 heterocycles. The first-order valence-corrected chi connectivity index (χ1v) is 8.17. The monoisotopic (exact) mass is 387 g/mol. The molecule has 0 saturated heterocycles. The summed E-state index contributed by atoms with van der Waals surface area (Å²) >= 11 is 0. The van der Waals surface area contributed by atoms with Crippen molar-refractivity contribution in [3.05, 3.63) is 70.8 Å². The molecular formula is C19H15F6NO. The minimum absolute atomic E-state index is 0.0905. The second kappa shape index (κ2) is 6.90. The van der Waals surface area contributed by atoms with E-state index in [9.17, 15) is 31.1 Å². The zero-order valence-electron chi connectivity index (χ0n) is 13.9. The highest BCUT2D eigenvalue weighted by Crippen LogP contribution is 2.48. The van der Waals surface area contributed by atoms with Gasteiger partial charge in [0.25, 0.3) is 0 Å². The normalized spacial score (nSPS) is 19.6. The lowest BCUT2D eigenvalue weighted by Gasteiger charge is -2.09. The quantitative estimate of drug-likeness (QED) is 0.723. The molecule has 0 spiro atoms. The second-order valence-corrected chi connectivity index (χ2v) is 6.48. The number of hydrogen-bond donors (Lipinski definition) is 1. The Morgan fingerprint density at radius 2 is 1.33 bits per heavy atom. The van der Waals surface area contributed by atoms with Gasteiger partial charge in [-0.15, -0.1) is 0 Å². The third-order valence-corrected chi connectivity index (χ3v) is 4.54. The Kier molecular flexibility index (Phi) is 4.92. The number of carbonyl (C=O) groups is 1. The second-order valence-electron chi connectivity index (χ2n) is 6.48. The van der Waals surface area contributed by atoms with E-state index in [1.165, 1.54) is 24.3 Å². The molecule has 0 bridgehead atoms. The number of benzene rings is 2. The van der Waals surface area contributed by atoms with E-state index in [4.69, 9.17) is 0 Å². The molecule has 1 aliphatic rings. The van der Waals surface area contributed by atoms with E-state index < -0.39 is 23.5 Å². The van der Waals surface area contributed by atoms with Gasteiger partial charge >= 0.3 is 12.4 Å². The van der Waals surface area contributed by atoms with E-state index in [-0.39, 0.29) is 24.3 Å². The molecule has 1 fully saturated rings. The summed E-state index contributed by atoms with van der Waals surface area (Å²) in [5, 5.41) is 2.65. The summed E-state index contributed by atoms with van der Waals surface area (Å²) in [4.78, 5) is 12.1. The molecule has 0 aromatic heterocycles. The zero-order valence-corrected chi connectivity index (χ0v) is 13.9. The molecular weight excluding hydrogens is 372 g/mol. The Balaban J connectivity index is 1.53. The number of alkyl halides is 6. The lowest BCUT2D eigenvalue weighted by molar-refractivity contribution is -0.138. The summed E-state index contributed by atoms with van der Waals surface area (Å²) in [6, 6.07) is 9.21. The summed E-state index contributed by atoms with van der Waals surface area (Å²) in [5.74, 6) is -0.740. The van der Waals surface area contributed by atoms with Crippen LogP contribution in [0, 0.1) is 5.92 Å². The Hall–Kier alpha value is -2.51. The highest BCUT2D eigenvalue weighted by molar-refractivity contribution is 5.82. The maximum absolute atomic E-state index is 12.6. The minimum atomic E-state index is -4.41. The topological polar surface area (TPSA) is 29.1 Å². The van der Waals surface area contributed by atoms with Crippen LogP contribution in [-0.4, -0.2) is 5.91 Å². The van der Waals surface area contributed by atoms with Crippen molar-refractivity contribution in [2.24, 2.45) is 5.92 Å². The Morgan fingerprint density at radius 3 is 1.81 bits per heavy atom. The van der Waals surface area contributed by atoms with Gasteiger partial charge < -0.3 is 5.32 Å². The first-order valence-electron chi connectivity index (χ1n) is 8.17. The van der Waals surface area contributed by atoms with E-state index >= 15 is 0 Å². The highest BCUT2D eigenvalue weighted by Gasteiger charge is 2.44. The zero-order chi connectivity index (χ0) is 19.8. The molecule has 2 aromatic rings. The predicted molar refractivity (Wildman–Crippen MR) is 85.6 cm³/mol. The first kappa shape index (κ1) is 19.3. The third kappa shape index (κ3) is 4.61. The summed E-state index contributed by atoms with van der Waals surface area (Å²) in [6.07, 6.45) is -8.28. The number of nitrogens with one attached hydrogen (secondary N) is 1. The molecule has 1 saturated carbocycles. The Bertz CT molecular complexity index is 808. The summed E-state index contributed by atoms with van der Waals surface area (Å²) < 4.78 is 75.2. The summed E-state index contributed by atoms with van der Waals surface area (Å²) in [5.41, 5.74) is -0.307. The molecule has 1 N–H and O–H groups in total. The van der Waals surface area contributed by atoms with Gasteiger partial charge in [0.1, 0.15) is 0 Å². The van der Waals surface area contributed by atoms with Gasteiger partial charge in [-0.05, 0) is 47.7 Å². The van der Waals surface area contributed by atoms with Crippen LogP contribution < -0.4 is 5.32 Å². The number of amides is 1. The number of rotatable bonds is 4. The van der Waals surface area contributed by atoms with Crippen molar-refractivity contribution >= 4 is 5.91 Å². The van der Waals surface area contributed by atoms with E-state index in [0.29, 0.717) is 17.5 Å². The SMILES string of the molecule is O=C(NCc1ccc(C(F)(F)F)cc1)C1CC1c1ccc(C(F)(F)F)cc1. The first-order chi connectivity index (χ1) is 12.6. The highest BCUT2D eigenvalue weighted by atomic mass is 19.4. The number of carbonyl (C=O) groups excluding carboxylic acids is 1. The molecule has 2 nitrogen and oxygen atoms in total. The fourth-order valence-electron chi connectivity index (χ4n) is 2.90. The van der Waals surface area contributed by atoms with Gasteiger partial charge in [0.2, 0.25) is 5.91 Å². The van der Waals surface area contributed by atoms with Crippen molar-refractivity contribution in [3.63, 3.8) is 0 Å². The van der Waals surface area contributed by atoms with E-state index in [0.717, 1.165) is 24.3 Å². The van der Waals surface area contributed by atoms with Crippen molar-refractivity contribution in [2.45, 2.75) is 31.2 Å². The van der Waals surface area contributed by atoms with Crippen LogP contribution in [0.3, 0.4) is 0 Å². The average molecular weight is 387 g/mol.